The summed E-state index contributed by atoms with van der Waals surface area (Å²) in [5.41, 5.74) is 3.77. The van der Waals surface area contributed by atoms with Crippen LogP contribution in [0.25, 0.3) is 0 Å². The molecule has 4 rings (SSSR count). The molecule has 0 unspecified atom stereocenters. The van der Waals surface area contributed by atoms with E-state index in [4.69, 9.17) is 16.3 Å². The van der Waals surface area contributed by atoms with Gasteiger partial charge in [-0.05, 0) is 53.6 Å². The average molecular weight is 565 g/mol. The molecule has 0 atom stereocenters. The lowest BCUT2D eigenvalue weighted by molar-refractivity contribution is 0.306. The summed E-state index contributed by atoms with van der Waals surface area (Å²) < 4.78 is 41.7. The molecule has 1 heterocycles. The molecule has 0 amide bonds. The van der Waals surface area contributed by atoms with Crippen LogP contribution in [0.1, 0.15) is 22.3 Å². The van der Waals surface area contributed by atoms with E-state index in [0.717, 1.165) is 11.1 Å². The van der Waals surface area contributed by atoms with Gasteiger partial charge in [-0.3, -0.25) is 0 Å². The quantitative estimate of drug-likeness (QED) is 0.204. The first kappa shape index (κ1) is 28.0. The zero-order chi connectivity index (χ0) is 27.7. The van der Waals surface area contributed by atoms with Gasteiger partial charge < -0.3 is 15.4 Å². The Bertz CT molecular complexity index is 1620. The van der Waals surface area contributed by atoms with Crippen molar-refractivity contribution in [2.75, 3.05) is 23.9 Å². The van der Waals surface area contributed by atoms with Gasteiger partial charge in [0.25, 0.3) is 0 Å². The van der Waals surface area contributed by atoms with Gasteiger partial charge in [0.15, 0.2) is 0 Å². The lowest BCUT2D eigenvalue weighted by atomic mass is 10.1. The minimum Gasteiger partial charge on any atom is -0.487 e. The smallest absolute Gasteiger partial charge is 0.149 e. The van der Waals surface area contributed by atoms with Gasteiger partial charge in [0.2, 0.25) is 0 Å². The van der Waals surface area contributed by atoms with Gasteiger partial charge in [-0.25, -0.2) is 22.8 Å². The monoisotopic (exact) mass is 564 g/mol. The van der Waals surface area contributed by atoms with Gasteiger partial charge in [0.1, 0.15) is 40.2 Å². The maximum atomic E-state index is 13.4. The van der Waals surface area contributed by atoms with Gasteiger partial charge in [0.05, 0.1) is 16.3 Å². The van der Waals surface area contributed by atoms with Crippen molar-refractivity contribution >= 4 is 32.9 Å². The predicted octanol–water partition coefficient (Wildman–Crippen LogP) is 5.13. The number of ether oxygens (including phenoxy) is 1. The minimum atomic E-state index is -3.00. The Kier molecular flexibility index (Phi) is 9.49. The predicted molar refractivity (Wildman–Crippen MR) is 151 cm³/mol. The van der Waals surface area contributed by atoms with Crippen molar-refractivity contribution in [2.45, 2.75) is 13.2 Å². The molecule has 3 aromatic carbocycles. The van der Waals surface area contributed by atoms with Crippen molar-refractivity contribution in [3.63, 3.8) is 0 Å². The molecule has 0 aliphatic heterocycles. The maximum Gasteiger partial charge on any atom is 0.149 e. The van der Waals surface area contributed by atoms with E-state index in [0.29, 0.717) is 46.5 Å². The molecule has 0 saturated heterocycles. The molecular formula is C29H26ClFN4O3S. The highest BCUT2D eigenvalue weighted by molar-refractivity contribution is 7.90. The molecule has 7 nitrogen and oxygen atoms in total. The van der Waals surface area contributed by atoms with Crippen LogP contribution in [-0.4, -0.2) is 36.9 Å². The Morgan fingerprint density at radius 2 is 1.85 bits per heavy atom. The summed E-state index contributed by atoms with van der Waals surface area (Å²) in [6, 6.07) is 19.1. The normalized spacial score (nSPS) is 10.9. The summed E-state index contributed by atoms with van der Waals surface area (Å²) >= 11 is 6.42. The Hall–Kier alpha value is -3.97. The first-order chi connectivity index (χ1) is 18.7. The molecule has 1 aromatic heterocycles. The largest absolute Gasteiger partial charge is 0.487 e. The second-order valence-corrected chi connectivity index (χ2v) is 11.4. The van der Waals surface area contributed by atoms with Crippen molar-refractivity contribution in [3.8, 4) is 17.6 Å². The van der Waals surface area contributed by atoms with E-state index in [1.165, 1.54) is 24.7 Å². The zero-order valence-corrected chi connectivity index (χ0v) is 22.7. The first-order valence-corrected chi connectivity index (χ1v) is 14.4. The third-order valence-corrected chi connectivity index (χ3v) is 6.68. The van der Waals surface area contributed by atoms with Gasteiger partial charge in [-0.1, -0.05) is 47.7 Å². The topological polar surface area (TPSA) is 93.2 Å². The second kappa shape index (κ2) is 13.2. The highest BCUT2D eigenvalue weighted by Gasteiger charge is 2.08. The number of hydrogen-bond donors (Lipinski definition) is 2. The number of anilines is 2. The fourth-order valence-corrected chi connectivity index (χ4v) is 4.28. The molecule has 0 radical (unpaired) electrons. The second-order valence-electron chi connectivity index (χ2n) is 8.73. The summed E-state index contributed by atoms with van der Waals surface area (Å²) in [4.78, 5) is 8.41. The maximum absolute atomic E-state index is 13.4. The number of halogens is 2. The highest BCUT2D eigenvalue weighted by Crippen LogP contribution is 2.30. The molecule has 2 N–H and O–H groups in total. The fourth-order valence-electron chi connectivity index (χ4n) is 3.53. The van der Waals surface area contributed by atoms with Gasteiger partial charge >= 0.3 is 0 Å². The summed E-state index contributed by atoms with van der Waals surface area (Å²) in [6.45, 7) is 1.11. The number of rotatable bonds is 10. The molecule has 0 bridgehead atoms. The Balaban J connectivity index is 1.41. The highest BCUT2D eigenvalue weighted by atomic mass is 35.5. The van der Waals surface area contributed by atoms with E-state index in [1.54, 1.807) is 36.5 Å². The molecular weight excluding hydrogens is 539 g/mol. The Labute approximate surface area is 232 Å². The molecule has 10 heteroatoms. The average Bonchev–Trinajstić information content (AvgIpc) is 2.90. The summed E-state index contributed by atoms with van der Waals surface area (Å²) in [6.07, 6.45) is 4.27. The fraction of sp³-hybridized carbons (Fsp3) is 0.172. The molecule has 0 spiro atoms. The van der Waals surface area contributed by atoms with Crippen LogP contribution in [0.3, 0.4) is 0 Å². The molecule has 0 fully saturated rings. The number of aromatic nitrogens is 2. The molecule has 200 valence electrons. The van der Waals surface area contributed by atoms with E-state index in [-0.39, 0.29) is 18.2 Å². The van der Waals surface area contributed by atoms with Crippen LogP contribution in [-0.2, 0) is 23.0 Å². The van der Waals surface area contributed by atoms with E-state index >= 15 is 0 Å². The molecule has 4 aromatic rings. The van der Waals surface area contributed by atoms with Gasteiger partial charge in [0, 0.05) is 36.8 Å². The van der Waals surface area contributed by atoms with E-state index < -0.39 is 9.84 Å². The van der Waals surface area contributed by atoms with E-state index in [2.05, 4.69) is 32.4 Å². The SMILES string of the molecule is CS(=O)(=O)CCNCc1cccc(C#Cc2cncnc2Nc2ccc(OCc3cccc(F)c3)c(Cl)c2)c1. The van der Waals surface area contributed by atoms with Crippen LogP contribution in [0.5, 0.6) is 5.75 Å². The minimum absolute atomic E-state index is 0.0894. The van der Waals surface area contributed by atoms with Crippen molar-refractivity contribution < 1.29 is 17.5 Å². The standard InChI is InChI=1S/C29H26ClFN4O3S/c1-39(36,37)13-12-32-17-22-5-2-4-21(14-22)8-9-24-18-33-20-34-29(24)35-26-10-11-28(27(30)16-26)38-19-23-6-3-7-25(31)15-23/h2-7,10-11,14-16,18,20,32H,12-13,17,19H2,1H3,(H,33,34,35). The van der Waals surface area contributed by atoms with Crippen LogP contribution >= 0.6 is 11.6 Å². The Morgan fingerprint density at radius 3 is 2.64 bits per heavy atom. The van der Waals surface area contributed by atoms with Crippen LogP contribution in [0.15, 0.2) is 79.3 Å². The van der Waals surface area contributed by atoms with Crippen molar-refractivity contribution in [2.24, 2.45) is 0 Å². The van der Waals surface area contributed by atoms with Crippen molar-refractivity contribution in [3.05, 3.63) is 112 Å². The van der Waals surface area contributed by atoms with E-state index in [1.807, 2.05) is 24.3 Å². The summed E-state index contributed by atoms with van der Waals surface area (Å²) in [5.74, 6) is 6.99. The lowest BCUT2D eigenvalue weighted by Gasteiger charge is -2.11. The van der Waals surface area contributed by atoms with Gasteiger partial charge in [-0.15, -0.1) is 0 Å². The van der Waals surface area contributed by atoms with Crippen LogP contribution in [0, 0.1) is 17.7 Å². The van der Waals surface area contributed by atoms with Crippen LogP contribution in [0.2, 0.25) is 5.02 Å². The number of nitrogens with one attached hydrogen (secondary N) is 2. The van der Waals surface area contributed by atoms with Gasteiger partial charge in [-0.2, -0.15) is 0 Å². The number of sulfone groups is 1. The third-order valence-electron chi connectivity index (χ3n) is 5.44. The molecule has 39 heavy (non-hydrogen) atoms. The molecule has 0 aliphatic rings. The van der Waals surface area contributed by atoms with Crippen molar-refractivity contribution in [1.29, 1.82) is 0 Å². The van der Waals surface area contributed by atoms with Crippen LogP contribution < -0.4 is 15.4 Å². The lowest BCUT2D eigenvalue weighted by Crippen LogP contribution is -2.21. The number of nitrogens with zero attached hydrogens (tertiary/aromatic N) is 2. The van der Waals surface area contributed by atoms with E-state index in [9.17, 15) is 12.8 Å². The summed E-state index contributed by atoms with van der Waals surface area (Å²) in [7, 11) is -3.00. The third kappa shape index (κ3) is 9.07. The number of hydrogen-bond acceptors (Lipinski definition) is 7. The first-order valence-electron chi connectivity index (χ1n) is 12.0. The van der Waals surface area contributed by atoms with Crippen molar-refractivity contribution in [1.82, 2.24) is 15.3 Å². The summed E-state index contributed by atoms with van der Waals surface area (Å²) in [5, 5.41) is 6.73. The molecule has 0 aliphatic carbocycles. The number of benzene rings is 3. The Morgan fingerprint density at radius 1 is 1.03 bits per heavy atom. The molecule has 0 saturated carbocycles. The zero-order valence-electron chi connectivity index (χ0n) is 21.1. The van der Waals surface area contributed by atoms with Crippen LogP contribution in [0.4, 0.5) is 15.9 Å².